The molecule has 54 heavy (non-hydrogen) atoms. The molecule has 0 aliphatic carbocycles. The minimum atomic E-state index is 0.510. The first kappa shape index (κ1) is 30.9. The highest BCUT2D eigenvalue weighted by molar-refractivity contribution is 6.11. The summed E-state index contributed by atoms with van der Waals surface area (Å²) in [4.78, 5) is 19.0. The number of nitriles is 1. The van der Waals surface area contributed by atoms with Crippen LogP contribution in [0.2, 0.25) is 0 Å². The summed E-state index contributed by atoms with van der Waals surface area (Å²) in [5, 5.41) is 13.7. The van der Waals surface area contributed by atoms with Crippen molar-refractivity contribution in [3.63, 3.8) is 0 Å². The van der Waals surface area contributed by atoms with E-state index in [2.05, 4.69) is 51.9 Å². The Balaban J connectivity index is 1.28. The van der Waals surface area contributed by atoms with E-state index in [0.717, 1.165) is 77.2 Å². The van der Waals surface area contributed by atoms with E-state index in [0.29, 0.717) is 28.7 Å². The Labute approximate surface area is 309 Å². The predicted molar refractivity (Wildman–Crippen MR) is 214 cm³/mol. The van der Waals surface area contributed by atoms with Crippen LogP contribution in [0.4, 0.5) is 5.69 Å². The van der Waals surface area contributed by atoms with Gasteiger partial charge in [-0.3, -0.25) is 0 Å². The van der Waals surface area contributed by atoms with E-state index in [4.69, 9.17) is 25.9 Å². The van der Waals surface area contributed by atoms with Crippen LogP contribution in [-0.4, -0.2) is 19.5 Å². The molecule has 10 rings (SSSR count). The van der Waals surface area contributed by atoms with E-state index in [1.54, 1.807) is 0 Å². The molecule has 10 aromatic rings. The van der Waals surface area contributed by atoms with Crippen molar-refractivity contribution >= 4 is 49.4 Å². The van der Waals surface area contributed by atoms with Crippen molar-refractivity contribution < 1.29 is 4.42 Å². The molecule has 0 unspecified atom stereocenters. The molecule has 0 radical (unpaired) electrons. The third-order valence-electron chi connectivity index (χ3n) is 9.89. The largest absolute Gasteiger partial charge is 0.456 e. The van der Waals surface area contributed by atoms with Gasteiger partial charge in [0.1, 0.15) is 11.2 Å². The van der Waals surface area contributed by atoms with E-state index in [9.17, 15) is 5.26 Å². The van der Waals surface area contributed by atoms with Crippen LogP contribution in [0.15, 0.2) is 162 Å². The number of aromatic nitrogens is 4. The maximum Gasteiger partial charge on any atom is 0.188 e. The minimum absolute atomic E-state index is 0.510. The summed E-state index contributed by atoms with van der Waals surface area (Å²) in [5.41, 5.74) is 9.93. The van der Waals surface area contributed by atoms with Crippen LogP contribution in [0, 0.1) is 17.9 Å². The maximum absolute atomic E-state index is 9.84. The fraction of sp³-hybridized carbons (Fsp3) is 0. The van der Waals surface area contributed by atoms with Gasteiger partial charge in [0, 0.05) is 32.8 Å². The second-order valence-corrected chi connectivity index (χ2v) is 13.1. The molecule has 3 heterocycles. The highest BCUT2D eigenvalue weighted by atomic mass is 16.3. The van der Waals surface area contributed by atoms with Crippen molar-refractivity contribution in [1.82, 2.24) is 19.5 Å². The lowest BCUT2D eigenvalue weighted by Gasteiger charge is -2.16. The van der Waals surface area contributed by atoms with Crippen molar-refractivity contribution in [3.8, 4) is 57.0 Å². The Bertz CT molecular complexity index is 3060. The highest BCUT2D eigenvalue weighted by Crippen LogP contribution is 2.40. The van der Waals surface area contributed by atoms with Crippen LogP contribution >= 0.6 is 0 Å². The normalized spacial score (nSPS) is 11.3. The second kappa shape index (κ2) is 12.4. The van der Waals surface area contributed by atoms with Gasteiger partial charge in [-0.25, -0.2) is 19.8 Å². The summed E-state index contributed by atoms with van der Waals surface area (Å²) in [6.45, 7) is 7.73. The fourth-order valence-electron chi connectivity index (χ4n) is 7.33. The number of hydrogen-bond donors (Lipinski definition) is 0. The van der Waals surface area contributed by atoms with Crippen molar-refractivity contribution in [3.05, 3.63) is 175 Å². The van der Waals surface area contributed by atoms with E-state index in [1.807, 2.05) is 121 Å². The lowest BCUT2D eigenvalue weighted by atomic mass is 9.99. The van der Waals surface area contributed by atoms with Crippen LogP contribution in [0.3, 0.4) is 0 Å². The van der Waals surface area contributed by atoms with Crippen LogP contribution in [0.5, 0.6) is 0 Å². The molecule has 0 saturated carbocycles. The van der Waals surface area contributed by atoms with Gasteiger partial charge in [-0.05, 0) is 77.2 Å². The quantitative estimate of drug-likeness (QED) is 0.168. The van der Waals surface area contributed by atoms with Gasteiger partial charge in [0.2, 0.25) is 0 Å². The number of nitrogens with zero attached hydrogens (tertiary/aromatic N) is 6. The fourth-order valence-corrected chi connectivity index (χ4v) is 7.33. The third-order valence-corrected chi connectivity index (χ3v) is 9.89. The molecule has 0 fully saturated rings. The predicted octanol–water partition coefficient (Wildman–Crippen LogP) is 12.0. The lowest BCUT2D eigenvalue weighted by Crippen LogP contribution is -2.04. The molecule has 7 heteroatoms. The third kappa shape index (κ3) is 5.08. The van der Waals surface area contributed by atoms with E-state index in [1.165, 1.54) is 0 Å². The molecule has 0 aliphatic heterocycles. The molecule has 7 aromatic carbocycles. The first-order valence-electron chi connectivity index (χ1n) is 17.4. The molecular weight excluding hydrogens is 665 g/mol. The lowest BCUT2D eigenvalue weighted by molar-refractivity contribution is 0.669. The zero-order valence-electron chi connectivity index (χ0n) is 28.6. The van der Waals surface area contributed by atoms with Crippen molar-refractivity contribution in [1.29, 1.82) is 5.26 Å². The summed E-state index contributed by atoms with van der Waals surface area (Å²) in [6.07, 6.45) is 0. The van der Waals surface area contributed by atoms with Crippen molar-refractivity contribution in [2.75, 3.05) is 0 Å². The first-order valence-corrected chi connectivity index (χ1v) is 17.4. The molecule has 250 valence electrons. The first-order chi connectivity index (χ1) is 26.6. The number of para-hydroxylation sites is 1. The topological polar surface area (TPSA) is 84.9 Å². The van der Waals surface area contributed by atoms with Crippen LogP contribution in [0.1, 0.15) is 5.56 Å². The molecular formula is C47H26N6O. The van der Waals surface area contributed by atoms with Gasteiger partial charge in [0.05, 0.1) is 34.9 Å². The van der Waals surface area contributed by atoms with Crippen LogP contribution < -0.4 is 0 Å². The second-order valence-electron chi connectivity index (χ2n) is 13.1. The highest BCUT2D eigenvalue weighted by Gasteiger charge is 2.21. The number of hydrogen-bond acceptors (Lipinski definition) is 5. The molecule has 0 aliphatic rings. The maximum atomic E-state index is 9.84. The average molecular weight is 691 g/mol. The van der Waals surface area contributed by atoms with Crippen LogP contribution in [-0.2, 0) is 0 Å². The van der Waals surface area contributed by atoms with Gasteiger partial charge in [-0.1, -0.05) is 97.1 Å². The van der Waals surface area contributed by atoms with Crippen molar-refractivity contribution in [2.24, 2.45) is 0 Å². The van der Waals surface area contributed by atoms with Gasteiger partial charge in [0.25, 0.3) is 0 Å². The van der Waals surface area contributed by atoms with E-state index in [-0.39, 0.29) is 0 Å². The standard InChI is InChI=1S/C47H26N6O/c1-49-34-19-22-41-37(27-34)36-24-29(28-48)16-20-40(36)53(41)42-21-17-32(33-18-23-44-38(25-33)35-14-8-9-15-43(35)54-44)26-39(42)47-51-45(30-10-4-2-5-11-30)50-46(52-47)31-12-6-3-7-13-31/h2-27H. The molecule has 0 atom stereocenters. The Hall–Kier alpha value is -7.87. The summed E-state index contributed by atoms with van der Waals surface area (Å²) in [7, 11) is 0. The SMILES string of the molecule is [C-]#[N+]c1ccc2c(c1)c1cc(C#N)ccc1n2-c1ccc(-c2ccc3oc4ccccc4c3c2)cc1-c1nc(-c2ccccc2)nc(-c2ccccc2)n1. The molecule has 0 N–H and O–H groups in total. The molecule has 3 aromatic heterocycles. The average Bonchev–Trinajstić information content (AvgIpc) is 3.78. The minimum Gasteiger partial charge on any atom is -0.456 e. The molecule has 0 saturated heterocycles. The monoisotopic (exact) mass is 690 g/mol. The zero-order chi connectivity index (χ0) is 36.2. The molecule has 7 nitrogen and oxygen atoms in total. The zero-order valence-corrected chi connectivity index (χ0v) is 28.6. The van der Waals surface area contributed by atoms with E-state index >= 15 is 0 Å². The Morgan fingerprint density at radius 3 is 1.85 bits per heavy atom. The number of rotatable bonds is 5. The molecule has 0 amide bonds. The van der Waals surface area contributed by atoms with Crippen molar-refractivity contribution in [2.45, 2.75) is 0 Å². The molecule has 0 spiro atoms. The Morgan fingerprint density at radius 2 is 1.13 bits per heavy atom. The summed E-state index contributed by atoms with van der Waals surface area (Å²) in [6, 6.07) is 54.3. The Kier molecular flexibility index (Phi) is 7.11. The summed E-state index contributed by atoms with van der Waals surface area (Å²) in [5.74, 6) is 1.63. The van der Waals surface area contributed by atoms with Crippen LogP contribution in [0.25, 0.3) is 99.6 Å². The van der Waals surface area contributed by atoms with Gasteiger partial charge >= 0.3 is 0 Å². The number of benzene rings is 7. The van der Waals surface area contributed by atoms with E-state index < -0.39 is 0 Å². The Morgan fingerprint density at radius 1 is 0.519 bits per heavy atom. The van der Waals surface area contributed by atoms with Gasteiger partial charge in [-0.15, -0.1) is 0 Å². The summed E-state index contributed by atoms with van der Waals surface area (Å²) < 4.78 is 8.34. The summed E-state index contributed by atoms with van der Waals surface area (Å²) >= 11 is 0. The smallest absolute Gasteiger partial charge is 0.188 e. The van der Waals surface area contributed by atoms with Gasteiger partial charge in [-0.2, -0.15) is 5.26 Å². The van der Waals surface area contributed by atoms with Gasteiger partial charge in [0.15, 0.2) is 23.2 Å². The number of furan rings is 1. The van der Waals surface area contributed by atoms with Gasteiger partial charge < -0.3 is 8.98 Å². The molecule has 0 bridgehead atoms. The number of fused-ring (bicyclic) bond motifs is 6.